The molecule has 20 heavy (non-hydrogen) atoms. The number of amides is 2. The van der Waals surface area contributed by atoms with Crippen molar-refractivity contribution in [1.29, 1.82) is 0 Å². The molecule has 0 bridgehead atoms. The molecule has 1 aromatic carbocycles. The van der Waals surface area contributed by atoms with Crippen LogP contribution in [0.5, 0.6) is 0 Å². The summed E-state index contributed by atoms with van der Waals surface area (Å²) in [5.74, 6) is -0.921. The normalized spacial score (nSPS) is 16.8. The van der Waals surface area contributed by atoms with Gasteiger partial charge in [0.05, 0.1) is 5.69 Å². The zero-order valence-corrected chi connectivity index (χ0v) is 11.8. The highest BCUT2D eigenvalue weighted by Gasteiger charge is 2.36. The van der Waals surface area contributed by atoms with Crippen LogP contribution in [0.25, 0.3) is 0 Å². The van der Waals surface area contributed by atoms with E-state index in [1.54, 1.807) is 0 Å². The number of anilines is 2. The maximum Gasteiger partial charge on any atom is 0.230 e. The van der Waals surface area contributed by atoms with E-state index in [1.807, 2.05) is 6.92 Å². The third-order valence-electron chi connectivity index (χ3n) is 3.79. The molecule has 0 aromatic heterocycles. The summed E-state index contributed by atoms with van der Waals surface area (Å²) >= 11 is 0. The molecule has 1 fully saturated rings. The first-order chi connectivity index (χ1) is 9.40. The Hall–Kier alpha value is -1.91. The highest BCUT2D eigenvalue weighted by atomic mass is 19.1. The van der Waals surface area contributed by atoms with Crippen molar-refractivity contribution in [1.82, 2.24) is 0 Å². The highest BCUT2D eigenvalue weighted by molar-refractivity contribution is 5.96. The average Bonchev–Trinajstić information content (AvgIpc) is 2.81. The molecule has 0 saturated heterocycles. The van der Waals surface area contributed by atoms with E-state index in [2.05, 4.69) is 10.6 Å². The van der Waals surface area contributed by atoms with Gasteiger partial charge in [0.1, 0.15) is 5.82 Å². The number of benzene rings is 1. The summed E-state index contributed by atoms with van der Waals surface area (Å²) in [5.41, 5.74) is 0.225. The Morgan fingerprint density at radius 2 is 1.85 bits per heavy atom. The highest BCUT2D eigenvalue weighted by Crippen LogP contribution is 2.38. The molecule has 1 saturated carbocycles. The molecule has 2 rings (SSSR count). The van der Waals surface area contributed by atoms with Crippen LogP contribution >= 0.6 is 0 Å². The van der Waals surface area contributed by atoms with Crippen molar-refractivity contribution in [3.05, 3.63) is 24.0 Å². The number of rotatable bonds is 3. The van der Waals surface area contributed by atoms with Crippen LogP contribution < -0.4 is 10.6 Å². The molecule has 1 aromatic rings. The van der Waals surface area contributed by atoms with Gasteiger partial charge in [0.2, 0.25) is 11.8 Å². The quantitative estimate of drug-likeness (QED) is 0.891. The maximum atomic E-state index is 13.5. The first-order valence-electron chi connectivity index (χ1n) is 6.79. The lowest BCUT2D eigenvalue weighted by atomic mass is 9.88. The second-order valence-corrected chi connectivity index (χ2v) is 5.60. The van der Waals surface area contributed by atoms with Gasteiger partial charge in [0, 0.05) is 18.0 Å². The van der Waals surface area contributed by atoms with Gasteiger partial charge in [-0.3, -0.25) is 9.59 Å². The van der Waals surface area contributed by atoms with Crippen LogP contribution in [-0.4, -0.2) is 11.8 Å². The molecule has 0 atom stereocenters. The van der Waals surface area contributed by atoms with E-state index >= 15 is 0 Å². The summed E-state index contributed by atoms with van der Waals surface area (Å²) in [6, 6.07) is 4.17. The standard InChI is InChI=1S/C15H19FN2O2/c1-10(19)17-13-9-11(5-6-12(13)16)18-14(20)15(2)7-3-4-8-15/h5-6,9H,3-4,7-8H2,1-2H3,(H,17,19)(H,18,20). The summed E-state index contributed by atoms with van der Waals surface area (Å²) in [6.45, 7) is 3.26. The van der Waals surface area contributed by atoms with Gasteiger partial charge in [-0.1, -0.05) is 19.8 Å². The molecular formula is C15H19FN2O2. The van der Waals surface area contributed by atoms with Crippen molar-refractivity contribution in [3.8, 4) is 0 Å². The van der Waals surface area contributed by atoms with Gasteiger partial charge in [0.25, 0.3) is 0 Å². The molecule has 0 heterocycles. The van der Waals surface area contributed by atoms with Crippen molar-refractivity contribution < 1.29 is 14.0 Å². The van der Waals surface area contributed by atoms with E-state index in [-0.39, 0.29) is 22.9 Å². The number of hydrogen-bond donors (Lipinski definition) is 2. The van der Waals surface area contributed by atoms with Crippen molar-refractivity contribution in [2.45, 2.75) is 39.5 Å². The minimum atomic E-state index is -0.523. The maximum absolute atomic E-state index is 13.5. The summed E-state index contributed by atoms with van der Waals surface area (Å²) in [4.78, 5) is 23.3. The smallest absolute Gasteiger partial charge is 0.230 e. The Labute approximate surface area is 117 Å². The van der Waals surface area contributed by atoms with Crippen LogP contribution in [0.15, 0.2) is 18.2 Å². The summed E-state index contributed by atoms with van der Waals surface area (Å²) < 4.78 is 13.5. The monoisotopic (exact) mass is 278 g/mol. The second-order valence-electron chi connectivity index (χ2n) is 5.60. The van der Waals surface area contributed by atoms with Crippen LogP contribution in [0.1, 0.15) is 39.5 Å². The van der Waals surface area contributed by atoms with Crippen LogP contribution in [-0.2, 0) is 9.59 Å². The molecule has 0 spiro atoms. The van der Waals surface area contributed by atoms with Crippen molar-refractivity contribution in [3.63, 3.8) is 0 Å². The Kier molecular flexibility index (Phi) is 4.06. The fourth-order valence-electron chi connectivity index (χ4n) is 2.55. The summed E-state index contributed by atoms with van der Waals surface area (Å²) in [7, 11) is 0. The predicted octanol–water partition coefficient (Wildman–Crippen LogP) is 3.30. The largest absolute Gasteiger partial charge is 0.326 e. The number of carbonyl (C=O) groups excluding carboxylic acids is 2. The average molecular weight is 278 g/mol. The lowest BCUT2D eigenvalue weighted by Gasteiger charge is -2.22. The van der Waals surface area contributed by atoms with Crippen LogP contribution in [0.3, 0.4) is 0 Å². The molecule has 108 valence electrons. The van der Waals surface area contributed by atoms with E-state index in [1.165, 1.54) is 25.1 Å². The third kappa shape index (κ3) is 3.15. The minimum Gasteiger partial charge on any atom is -0.326 e. The van der Waals surface area contributed by atoms with E-state index < -0.39 is 5.82 Å². The van der Waals surface area contributed by atoms with Crippen LogP contribution in [0.2, 0.25) is 0 Å². The fourth-order valence-corrected chi connectivity index (χ4v) is 2.55. The Morgan fingerprint density at radius 1 is 1.20 bits per heavy atom. The molecule has 2 N–H and O–H groups in total. The summed E-state index contributed by atoms with van der Waals surface area (Å²) in [6.07, 6.45) is 3.87. The SMILES string of the molecule is CC(=O)Nc1cc(NC(=O)C2(C)CCCC2)ccc1F. The molecule has 1 aliphatic rings. The van der Waals surface area contributed by atoms with Gasteiger partial charge >= 0.3 is 0 Å². The van der Waals surface area contributed by atoms with Gasteiger partial charge in [-0.15, -0.1) is 0 Å². The molecule has 0 unspecified atom stereocenters. The van der Waals surface area contributed by atoms with E-state index in [0.29, 0.717) is 5.69 Å². The van der Waals surface area contributed by atoms with E-state index in [4.69, 9.17) is 0 Å². The lowest BCUT2D eigenvalue weighted by Crippen LogP contribution is -2.30. The van der Waals surface area contributed by atoms with Crippen molar-refractivity contribution in [2.75, 3.05) is 10.6 Å². The van der Waals surface area contributed by atoms with Crippen LogP contribution in [0.4, 0.5) is 15.8 Å². The molecule has 0 aliphatic heterocycles. The summed E-state index contributed by atoms with van der Waals surface area (Å²) in [5, 5.41) is 5.21. The fraction of sp³-hybridized carbons (Fsp3) is 0.467. The Bertz CT molecular complexity index is 537. The topological polar surface area (TPSA) is 58.2 Å². The Balaban J connectivity index is 2.13. The minimum absolute atomic E-state index is 0.0459. The number of halogens is 1. The number of carbonyl (C=O) groups is 2. The molecule has 0 radical (unpaired) electrons. The van der Waals surface area contributed by atoms with E-state index in [9.17, 15) is 14.0 Å². The molecule has 1 aliphatic carbocycles. The van der Waals surface area contributed by atoms with Crippen LogP contribution in [0, 0.1) is 11.2 Å². The second kappa shape index (κ2) is 5.61. The van der Waals surface area contributed by atoms with Gasteiger partial charge in [-0.2, -0.15) is 0 Å². The Morgan fingerprint density at radius 3 is 2.45 bits per heavy atom. The zero-order chi connectivity index (χ0) is 14.8. The third-order valence-corrected chi connectivity index (χ3v) is 3.79. The number of nitrogens with one attached hydrogen (secondary N) is 2. The van der Waals surface area contributed by atoms with Crippen molar-refractivity contribution >= 4 is 23.2 Å². The zero-order valence-electron chi connectivity index (χ0n) is 11.8. The first kappa shape index (κ1) is 14.5. The van der Waals surface area contributed by atoms with Gasteiger partial charge in [-0.05, 0) is 31.0 Å². The molecular weight excluding hydrogens is 259 g/mol. The molecule has 4 nitrogen and oxygen atoms in total. The lowest BCUT2D eigenvalue weighted by molar-refractivity contribution is -0.124. The van der Waals surface area contributed by atoms with Gasteiger partial charge < -0.3 is 10.6 Å². The van der Waals surface area contributed by atoms with Crippen molar-refractivity contribution in [2.24, 2.45) is 5.41 Å². The first-order valence-corrected chi connectivity index (χ1v) is 6.79. The van der Waals surface area contributed by atoms with E-state index in [0.717, 1.165) is 25.7 Å². The predicted molar refractivity (Wildman–Crippen MR) is 75.9 cm³/mol. The molecule has 5 heteroatoms. The van der Waals surface area contributed by atoms with Gasteiger partial charge in [0.15, 0.2) is 0 Å². The van der Waals surface area contributed by atoms with Gasteiger partial charge in [-0.25, -0.2) is 4.39 Å². The number of hydrogen-bond acceptors (Lipinski definition) is 2. The molecule has 2 amide bonds.